The van der Waals surface area contributed by atoms with Crippen LogP contribution >= 0.6 is 0 Å². The van der Waals surface area contributed by atoms with Crippen molar-refractivity contribution in [1.82, 2.24) is 9.80 Å². The third kappa shape index (κ3) is 3.37. The number of nitrogens with zero attached hydrogens (tertiary/aromatic N) is 3. The molecule has 148 valence electrons. The molecule has 3 aliphatic rings. The number of hydrogen-bond acceptors (Lipinski definition) is 3. The number of piperidine rings is 1. The molecule has 2 saturated heterocycles. The lowest BCUT2D eigenvalue weighted by Gasteiger charge is -2.57. The first-order valence-electron chi connectivity index (χ1n) is 10.6. The van der Waals surface area contributed by atoms with Crippen LogP contribution in [-0.4, -0.2) is 62.5 Å². The average molecular weight is 370 g/mol. The van der Waals surface area contributed by atoms with E-state index in [0.29, 0.717) is 11.3 Å². The highest BCUT2D eigenvalue weighted by atomic mass is 16.2. The number of amides is 1. The van der Waals surface area contributed by atoms with Gasteiger partial charge in [0.15, 0.2) is 0 Å². The zero-order valence-electron chi connectivity index (χ0n) is 17.5. The molecule has 1 aromatic rings. The molecule has 0 bridgehead atoms. The van der Waals surface area contributed by atoms with Crippen LogP contribution in [0.4, 0.5) is 5.69 Å². The van der Waals surface area contributed by atoms with Gasteiger partial charge in [0.2, 0.25) is 0 Å². The van der Waals surface area contributed by atoms with Crippen molar-refractivity contribution in [1.29, 1.82) is 0 Å². The van der Waals surface area contributed by atoms with Crippen molar-refractivity contribution in [2.45, 2.75) is 39.5 Å². The van der Waals surface area contributed by atoms with Crippen LogP contribution in [0.3, 0.4) is 0 Å². The highest BCUT2D eigenvalue weighted by molar-refractivity contribution is 5.95. The maximum absolute atomic E-state index is 13.2. The van der Waals surface area contributed by atoms with Gasteiger partial charge in [-0.3, -0.25) is 4.79 Å². The van der Waals surface area contributed by atoms with Gasteiger partial charge in [-0.05, 0) is 75.4 Å². The fourth-order valence-corrected chi connectivity index (χ4v) is 6.27. The lowest BCUT2D eigenvalue weighted by Crippen LogP contribution is -2.57. The molecule has 2 aliphatic heterocycles. The summed E-state index contributed by atoms with van der Waals surface area (Å²) in [5.74, 6) is 0.826. The van der Waals surface area contributed by atoms with E-state index in [1.165, 1.54) is 31.4 Å². The van der Waals surface area contributed by atoms with Crippen LogP contribution in [0.2, 0.25) is 0 Å². The highest BCUT2D eigenvalue weighted by Gasteiger charge is 2.63. The maximum atomic E-state index is 13.2. The third-order valence-electron chi connectivity index (χ3n) is 7.15. The van der Waals surface area contributed by atoms with Gasteiger partial charge in [0.05, 0.1) is 0 Å². The predicted molar refractivity (Wildman–Crippen MR) is 111 cm³/mol. The molecule has 0 unspecified atom stereocenters. The summed E-state index contributed by atoms with van der Waals surface area (Å²) in [5.41, 5.74) is 2.74. The van der Waals surface area contributed by atoms with E-state index >= 15 is 0 Å². The summed E-state index contributed by atoms with van der Waals surface area (Å²) in [6.45, 7) is 9.92. The Morgan fingerprint density at radius 1 is 1.11 bits per heavy atom. The Labute approximate surface area is 164 Å². The van der Waals surface area contributed by atoms with Gasteiger partial charge in [-0.1, -0.05) is 13.8 Å². The Bertz CT molecular complexity index is 686. The molecule has 2 heterocycles. The van der Waals surface area contributed by atoms with Gasteiger partial charge >= 0.3 is 0 Å². The monoisotopic (exact) mass is 369 g/mol. The largest absolute Gasteiger partial charge is 0.372 e. The molecule has 1 amide bonds. The Hall–Kier alpha value is -1.55. The molecule has 27 heavy (non-hydrogen) atoms. The lowest BCUT2D eigenvalue weighted by atomic mass is 9.48. The van der Waals surface area contributed by atoms with Crippen molar-refractivity contribution in [2.75, 3.05) is 51.7 Å². The van der Waals surface area contributed by atoms with Gasteiger partial charge in [0.25, 0.3) is 5.91 Å². The normalized spacial score (nSPS) is 29.6. The number of benzene rings is 1. The van der Waals surface area contributed by atoms with Crippen molar-refractivity contribution in [3.63, 3.8) is 0 Å². The van der Waals surface area contributed by atoms with Crippen LogP contribution in [0.1, 0.15) is 49.9 Å². The summed E-state index contributed by atoms with van der Waals surface area (Å²) >= 11 is 0. The van der Waals surface area contributed by atoms with Crippen molar-refractivity contribution in [3.05, 3.63) is 29.8 Å². The molecule has 1 aliphatic carbocycles. The van der Waals surface area contributed by atoms with Gasteiger partial charge in [0.1, 0.15) is 0 Å². The standard InChI is InChI=1S/C23H35N3O/c1-22(2)15-23(16-24(3)4)17-26(14-20(22)23)21(27)18-8-10-19(11-9-18)25-12-6-5-7-13-25/h8-11,20H,5-7,12-17H2,1-4H3/t20-,23+/m1/s1. The molecule has 3 fully saturated rings. The summed E-state index contributed by atoms with van der Waals surface area (Å²) in [7, 11) is 4.31. The number of fused-ring (bicyclic) bond motifs is 1. The first kappa shape index (κ1) is 18.8. The van der Waals surface area contributed by atoms with E-state index in [9.17, 15) is 4.79 Å². The molecular weight excluding hydrogens is 334 g/mol. The molecule has 0 aromatic heterocycles. The van der Waals surface area contributed by atoms with Crippen LogP contribution in [0.15, 0.2) is 24.3 Å². The van der Waals surface area contributed by atoms with Crippen LogP contribution < -0.4 is 4.90 Å². The molecule has 0 N–H and O–H groups in total. The van der Waals surface area contributed by atoms with Crippen LogP contribution in [-0.2, 0) is 0 Å². The van der Waals surface area contributed by atoms with Gasteiger partial charge < -0.3 is 14.7 Å². The first-order valence-corrected chi connectivity index (χ1v) is 10.6. The Kier molecular flexibility index (Phi) is 4.74. The fourth-order valence-electron chi connectivity index (χ4n) is 6.27. The lowest BCUT2D eigenvalue weighted by molar-refractivity contribution is -0.0789. The van der Waals surface area contributed by atoms with Gasteiger partial charge in [-0.25, -0.2) is 0 Å². The van der Waals surface area contributed by atoms with E-state index in [1.807, 2.05) is 12.1 Å². The molecule has 1 aromatic carbocycles. The second-order valence-corrected chi connectivity index (χ2v) is 10.1. The molecule has 4 nitrogen and oxygen atoms in total. The van der Waals surface area contributed by atoms with E-state index in [2.05, 4.69) is 54.8 Å². The number of likely N-dealkylation sites (tertiary alicyclic amines) is 1. The second-order valence-electron chi connectivity index (χ2n) is 10.1. The minimum atomic E-state index is 0.212. The van der Waals surface area contributed by atoms with Gasteiger partial charge in [0, 0.05) is 49.4 Å². The first-order chi connectivity index (χ1) is 12.8. The van der Waals surface area contributed by atoms with Crippen LogP contribution in [0.25, 0.3) is 0 Å². The summed E-state index contributed by atoms with van der Waals surface area (Å²) in [6.07, 6.45) is 5.12. The van der Waals surface area contributed by atoms with E-state index in [-0.39, 0.29) is 11.3 Å². The Balaban J connectivity index is 1.47. The summed E-state index contributed by atoms with van der Waals surface area (Å²) in [6, 6.07) is 8.36. The number of hydrogen-bond donors (Lipinski definition) is 0. The Morgan fingerprint density at radius 3 is 2.37 bits per heavy atom. The molecule has 0 radical (unpaired) electrons. The summed E-state index contributed by atoms with van der Waals surface area (Å²) in [4.78, 5) is 20.1. The maximum Gasteiger partial charge on any atom is 0.253 e. The molecular formula is C23H35N3O. The van der Waals surface area contributed by atoms with E-state index < -0.39 is 0 Å². The van der Waals surface area contributed by atoms with E-state index in [1.54, 1.807) is 0 Å². The highest BCUT2D eigenvalue weighted by Crippen LogP contribution is 2.62. The van der Waals surface area contributed by atoms with Crippen molar-refractivity contribution >= 4 is 11.6 Å². The molecule has 4 heteroatoms. The predicted octanol–water partition coefficient (Wildman–Crippen LogP) is 3.73. The molecule has 2 atom stereocenters. The molecule has 0 spiro atoms. The van der Waals surface area contributed by atoms with Crippen molar-refractivity contribution in [2.24, 2.45) is 16.7 Å². The third-order valence-corrected chi connectivity index (χ3v) is 7.15. The van der Waals surface area contributed by atoms with E-state index in [0.717, 1.165) is 38.3 Å². The van der Waals surface area contributed by atoms with Gasteiger partial charge in [-0.15, -0.1) is 0 Å². The quantitative estimate of drug-likeness (QED) is 0.809. The summed E-state index contributed by atoms with van der Waals surface area (Å²) < 4.78 is 0. The average Bonchev–Trinajstić information content (AvgIpc) is 2.95. The number of rotatable bonds is 4. The number of anilines is 1. The Morgan fingerprint density at radius 2 is 1.78 bits per heavy atom. The van der Waals surface area contributed by atoms with Crippen LogP contribution in [0.5, 0.6) is 0 Å². The van der Waals surface area contributed by atoms with Crippen LogP contribution in [0, 0.1) is 16.7 Å². The topological polar surface area (TPSA) is 26.8 Å². The smallest absolute Gasteiger partial charge is 0.253 e. The molecule has 1 saturated carbocycles. The second kappa shape index (κ2) is 6.80. The zero-order chi connectivity index (χ0) is 19.2. The molecule has 4 rings (SSSR count). The van der Waals surface area contributed by atoms with Crippen molar-refractivity contribution in [3.8, 4) is 0 Å². The fraction of sp³-hybridized carbons (Fsp3) is 0.696. The minimum Gasteiger partial charge on any atom is -0.372 e. The minimum absolute atomic E-state index is 0.212. The number of carbonyl (C=O) groups excluding carboxylic acids is 1. The van der Waals surface area contributed by atoms with Crippen molar-refractivity contribution < 1.29 is 4.79 Å². The zero-order valence-corrected chi connectivity index (χ0v) is 17.5. The van der Waals surface area contributed by atoms with E-state index in [4.69, 9.17) is 0 Å². The SMILES string of the molecule is CN(C)C[C@@]12CN(C(=O)c3ccc(N4CCCCC4)cc3)C[C@@H]1C(C)(C)C2. The number of carbonyl (C=O) groups is 1. The van der Waals surface area contributed by atoms with Gasteiger partial charge in [-0.2, -0.15) is 0 Å². The summed E-state index contributed by atoms with van der Waals surface area (Å²) in [5, 5.41) is 0.